The molecule has 106 valence electrons. The molecule has 3 amide bonds. The van der Waals surface area contributed by atoms with Crippen LogP contribution in [0.1, 0.15) is 19.4 Å². The van der Waals surface area contributed by atoms with E-state index >= 15 is 0 Å². The minimum absolute atomic E-state index is 0.0210. The molecule has 1 aromatic carbocycles. The number of anilines is 1. The molecule has 1 aliphatic rings. The van der Waals surface area contributed by atoms with Crippen LogP contribution in [0.5, 0.6) is 0 Å². The van der Waals surface area contributed by atoms with Crippen LogP contribution in [0.25, 0.3) is 0 Å². The van der Waals surface area contributed by atoms with Gasteiger partial charge >= 0.3 is 6.03 Å². The van der Waals surface area contributed by atoms with E-state index < -0.39 is 6.03 Å². The smallest absolute Gasteiger partial charge is 0.344 e. The van der Waals surface area contributed by atoms with Gasteiger partial charge in [0.1, 0.15) is 6.54 Å². The second-order valence-corrected chi connectivity index (χ2v) is 4.42. The number of urea groups is 1. The van der Waals surface area contributed by atoms with Gasteiger partial charge < -0.3 is 4.90 Å². The molecule has 1 saturated heterocycles. The number of carbonyl (C=O) groups is 2. The fraction of sp³-hybridized carbons (Fsp3) is 0.357. The lowest BCUT2D eigenvalue weighted by atomic mass is 10.2. The van der Waals surface area contributed by atoms with Gasteiger partial charge in [-0.1, -0.05) is 12.1 Å². The topological polar surface area (TPSA) is 65.0 Å². The first-order chi connectivity index (χ1) is 9.63. The summed E-state index contributed by atoms with van der Waals surface area (Å²) in [6, 6.07) is 7.43. The summed E-state index contributed by atoms with van der Waals surface area (Å²) in [4.78, 5) is 24.6. The van der Waals surface area contributed by atoms with Gasteiger partial charge in [-0.05, 0) is 31.5 Å². The lowest BCUT2D eigenvalue weighted by Gasteiger charge is -2.20. The maximum Gasteiger partial charge on any atom is 0.344 e. The van der Waals surface area contributed by atoms with E-state index in [0.29, 0.717) is 0 Å². The van der Waals surface area contributed by atoms with Crippen molar-refractivity contribution >= 4 is 23.8 Å². The van der Waals surface area contributed by atoms with Crippen molar-refractivity contribution in [1.29, 1.82) is 0 Å². The summed E-state index contributed by atoms with van der Waals surface area (Å²) in [5, 5.41) is 7.28. The van der Waals surface area contributed by atoms with E-state index in [9.17, 15) is 9.59 Å². The molecule has 2 rings (SSSR count). The summed E-state index contributed by atoms with van der Waals surface area (Å²) >= 11 is 0. The van der Waals surface area contributed by atoms with Crippen LogP contribution < -0.4 is 10.2 Å². The molecule has 0 bridgehead atoms. The van der Waals surface area contributed by atoms with Gasteiger partial charge in [0.05, 0.1) is 6.21 Å². The van der Waals surface area contributed by atoms with E-state index in [1.807, 2.05) is 24.3 Å². The SMILES string of the molecule is CCN(CC)c1ccc(/C=N\N2CC(=O)NC2=O)cc1. The number of imide groups is 1. The third-order valence-corrected chi connectivity index (χ3v) is 3.14. The molecule has 0 radical (unpaired) electrons. The third kappa shape index (κ3) is 3.14. The number of hydrazone groups is 1. The Morgan fingerprint density at radius 1 is 1.25 bits per heavy atom. The Balaban J connectivity index is 2.03. The summed E-state index contributed by atoms with van der Waals surface area (Å²) in [5.41, 5.74) is 2.04. The summed E-state index contributed by atoms with van der Waals surface area (Å²) in [6.45, 7) is 6.12. The average molecular weight is 274 g/mol. The van der Waals surface area contributed by atoms with Crippen LogP contribution in [0.3, 0.4) is 0 Å². The molecule has 0 saturated carbocycles. The number of nitrogens with one attached hydrogen (secondary N) is 1. The van der Waals surface area contributed by atoms with Gasteiger partial charge in [-0.2, -0.15) is 5.10 Å². The molecule has 1 aromatic rings. The highest BCUT2D eigenvalue weighted by molar-refractivity contribution is 6.02. The van der Waals surface area contributed by atoms with Gasteiger partial charge in [0.25, 0.3) is 0 Å². The van der Waals surface area contributed by atoms with Crippen molar-refractivity contribution in [2.24, 2.45) is 5.10 Å². The Morgan fingerprint density at radius 2 is 1.90 bits per heavy atom. The van der Waals surface area contributed by atoms with Crippen LogP contribution in [-0.4, -0.2) is 42.8 Å². The predicted molar refractivity (Wildman–Crippen MR) is 77.8 cm³/mol. The Kier molecular flexibility index (Phi) is 4.34. The predicted octanol–water partition coefficient (Wildman–Crippen LogP) is 1.42. The van der Waals surface area contributed by atoms with E-state index in [-0.39, 0.29) is 12.5 Å². The quantitative estimate of drug-likeness (QED) is 0.652. The summed E-state index contributed by atoms with van der Waals surface area (Å²) in [5.74, 6) is -0.330. The molecule has 0 spiro atoms. The zero-order valence-corrected chi connectivity index (χ0v) is 11.7. The molecule has 20 heavy (non-hydrogen) atoms. The Hall–Kier alpha value is -2.37. The van der Waals surface area contributed by atoms with Crippen molar-refractivity contribution in [3.05, 3.63) is 29.8 Å². The maximum atomic E-state index is 11.3. The monoisotopic (exact) mass is 274 g/mol. The number of rotatable bonds is 5. The number of benzene rings is 1. The zero-order chi connectivity index (χ0) is 14.5. The van der Waals surface area contributed by atoms with Crippen LogP contribution in [0.2, 0.25) is 0 Å². The molecule has 1 N–H and O–H groups in total. The molecule has 1 fully saturated rings. The van der Waals surface area contributed by atoms with Crippen LogP contribution in [0.15, 0.2) is 29.4 Å². The van der Waals surface area contributed by atoms with Crippen LogP contribution >= 0.6 is 0 Å². The van der Waals surface area contributed by atoms with Crippen LogP contribution in [0.4, 0.5) is 10.5 Å². The van der Waals surface area contributed by atoms with Crippen LogP contribution in [-0.2, 0) is 4.79 Å². The lowest BCUT2D eigenvalue weighted by Crippen LogP contribution is -2.24. The molecule has 6 nitrogen and oxygen atoms in total. The largest absolute Gasteiger partial charge is 0.372 e. The first-order valence-electron chi connectivity index (χ1n) is 6.64. The van der Waals surface area contributed by atoms with E-state index in [2.05, 4.69) is 29.2 Å². The van der Waals surface area contributed by atoms with Crippen molar-refractivity contribution in [2.45, 2.75) is 13.8 Å². The Labute approximate surface area is 118 Å². The average Bonchev–Trinajstić information content (AvgIpc) is 2.77. The standard InChI is InChI=1S/C14H18N4O2/c1-3-17(4-2)12-7-5-11(6-8-12)9-15-18-10-13(19)16-14(18)20/h5-9H,3-4,10H2,1-2H3,(H,16,19,20)/b15-9-. The first-order valence-corrected chi connectivity index (χ1v) is 6.64. The second-order valence-electron chi connectivity index (χ2n) is 4.42. The highest BCUT2D eigenvalue weighted by Gasteiger charge is 2.25. The molecule has 1 heterocycles. The van der Waals surface area contributed by atoms with Gasteiger partial charge in [-0.15, -0.1) is 0 Å². The molecule has 0 unspecified atom stereocenters. The first kappa shape index (κ1) is 14.0. The summed E-state index contributed by atoms with van der Waals surface area (Å²) in [7, 11) is 0. The van der Waals surface area contributed by atoms with Crippen molar-refractivity contribution in [1.82, 2.24) is 10.3 Å². The highest BCUT2D eigenvalue weighted by Crippen LogP contribution is 2.14. The van der Waals surface area contributed by atoms with Crippen molar-refractivity contribution < 1.29 is 9.59 Å². The molecule has 0 atom stereocenters. The summed E-state index contributed by atoms with van der Waals surface area (Å²) < 4.78 is 0. The van der Waals surface area contributed by atoms with Gasteiger partial charge in [0, 0.05) is 18.8 Å². The Morgan fingerprint density at radius 3 is 2.40 bits per heavy atom. The van der Waals surface area contributed by atoms with Gasteiger partial charge in [0.15, 0.2) is 0 Å². The van der Waals surface area contributed by atoms with E-state index in [1.165, 1.54) is 0 Å². The van der Waals surface area contributed by atoms with Gasteiger partial charge in [-0.3, -0.25) is 10.1 Å². The fourth-order valence-electron chi connectivity index (χ4n) is 2.02. The molecule has 1 aliphatic heterocycles. The number of hydrogen-bond acceptors (Lipinski definition) is 4. The normalized spacial score (nSPS) is 15.0. The second kappa shape index (κ2) is 6.18. The van der Waals surface area contributed by atoms with Gasteiger partial charge in [-0.25, -0.2) is 9.80 Å². The third-order valence-electron chi connectivity index (χ3n) is 3.14. The number of hydrogen-bond donors (Lipinski definition) is 1. The number of carbonyl (C=O) groups excluding carboxylic acids is 2. The molecule has 0 aromatic heterocycles. The van der Waals surface area contributed by atoms with Crippen LogP contribution in [0, 0.1) is 0 Å². The fourth-order valence-corrected chi connectivity index (χ4v) is 2.02. The van der Waals surface area contributed by atoms with E-state index in [1.54, 1.807) is 6.21 Å². The van der Waals surface area contributed by atoms with Crippen molar-refractivity contribution in [3.63, 3.8) is 0 Å². The molecular formula is C14H18N4O2. The van der Waals surface area contributed by atoms with E-state index in [0.717, 1.165) is 29.3 Å². The number of amides is 3. The zero-order valence-electron chi connectivity index (χ0n) is 11.7. The minimum atomic E-state index is -0.481. The molecule has 0 aliphatic carbocycles. The van der Waals surface area contributed by atoms with Crippen molar-refractivity contribution in [3.8, 4) is 0 Å². The van der Waals surface area contributed by atoms with Gasteiger partial charge in [0.2, 0.25) is 5.91 Å². The lowest BCUT2D eigenvalue weighted by molar-refractivity contribution is -0.118. The summed E-state index contributed by atoms with van der Waals surface area (Å²) in [6.07, 6.45) is 1.57. The maximum absolute atomic E-state index is 11.3. The molecular weight excluding hydrogens is 256 g/mol. The van der Waals surface area contributed by atoms with Crippen molar-refractivity contribution in [2.75, 3.05) is 24.5 Å². The molecule has 6 heteroatoms. The minimum Gasteiger partial charge on any atom is -0.372 e. The number of nitrogens with zero attached hydrogens (tertiary/aromatic N) is 3. The van der Waals surface area contributed by atoms with E-state index in [4.69, 9.17) is 0 Å². The highest BCUT2D eigenvalue weighted by atomic mass is 16.2. The Bertz CT molecular complexity index is 520.